The van der Waals surface area contributed by atoms with Gasteiger partial charge in [-0.05, 0) is 47.5 Å². The lowest BCUT2D eigenvalue weighted by atomic mass is 10.0. The second-order valence-electron chi connectivity index (χ2n) is 6.67. The Morgan fingerprint density at radius 3 is 2.31 bits per heavy atom. The van der Waals surface area contributed by atoms with Gasteiger partial charge in [0.25, 0.3) is 5.91 Å². The summed E-state index contributed by atoms with van der Waals surface area (Å²) in [6.07, 6.45) is 1.65. The summed E-state index contributed by atoms with van der Waals surface area (Å²) in [7, 11) is -3.92. The van der Waals surface area contributed by atoms with Crippen LogP contribution in [-0.2, 0) is 24.3 Å². The molecule has 7 nitrogen and oxygen atoms in total. The molecule has 0 unspecified atom stereocenters. The average molecular weight is 471 g/mol. The highest BCUT2D eigenvalue weighted by molar-refractivity contribution is 7.89. The fourth-order valence-corrected chi connectivity index (χ4v) is 3.45. The largest absolute Gasteiger partial charge is 0.452 e. The number of carbonyl (C=O) groups excluding carboxylic acids is 2. The van der Waals surface area contributed by atoms with Gasteiger partial charge in [-0.3, -0.25) is 4.79 Å². The molecule has 0 bridgehead atoms. The van der Waals surface area contributed by atoms with Crippen LogP contribution in [0.3, 0.4) is 0 Å². The van der Waals surface area contributed by atoms with Crippen LogP contribution in [0.25, 0.3) is 11.6 Å². The summed E-state index contributed by atoms with van der Waals surface area (Å²) in [5.41, 5.74) is 1.80. The van der Waals surface area contributed by atoms with Crippen LogP contribution in [0.5, 0.6) is 0 Å². The summed E-state index contributed by atoms with van der Waals surface area (Å²) in [5.74, 6) is -1.34. The number of benzene rings is 3. The van der Waals surface area contributed by atoms with Gasteiger partial charge < -0.3 is 10.1 Å². The van der Waals surface area contributed by atoms with Gasteiger partial charge in [-0.1, -0.05) is 60.1 Å². The Kier molecular flexibility index (Phi) is 7.42. The molecule has 3 aromatic carbocycles. The molecule has 32 heavy (non-hydrogen) atoms. The minimum absolute atomic E-state index is 0.150. The SMILES string of the molecule is NS(=O)(=O)c1cccc(NC(=O)COC(=O)/C(=C/c2ccccc2)c2ccc(Cl)cc2)c1. The molecule has 1 amide bonds. The number of anilines is 1. The standard InChI is InChI=1S/C23H19ClN2O5S/c24-18-11-9-17(10-12-18)21(13-16-5-2-1-3-6-16)23(28)31-15-22(27)26-19-7-4-8-20(14-19)32(25,29)30/h1-14H,15H2,(H,26,27)(H2,25,29,30)/b21-13+. The number of nitrogens with one attached hydrogen (secondary N) is 1. The molecule has 0 radical (unpaired) electrons. The van der Waals surface area contributed by atoms with Crippen LogP contribution >= 0.6 is 11.6 Å². The van der Waals surface area contributed by atoms with Crippen molar-refractivity contribution in [2.45, 2.75) is 4.90 Å². The van der Waals surface area contributed by atoms with Gasteiger partial charge in [0.15, 0.2) is 6.61 Å². The van der Waals surface area contributed by atoms with Crippen LogP contribution in [0.15, 0.2) is 83.8 Å². The number of carbonyl (C=O) groups is 2. The number of nitrogens with two attached hydrogens (primary N) is 1. The van der Waals surface area contributed by atoms with Crippen LogP contribution in [-0.4, -0.2) is 26.9 Å². The third kappa shape index (κ3) is 6.52. The van der Waals surface area contributed by atoms with Crippen molar-refractivity contribution in [2.75, 3.05) is 11.9 Å². The molecule has 0 heterocycles. The second-order valence-corrected chi connectivity index (χ2v) is 8.67. The third-order valence-corrected chi connectivity index (χ3v) is 5.43. The average Bonchev–Trinajstić information content (AvgIpc) is 2.77. The van der Waals surface area contributed by atoms with Crippen molar-refractivity contribution in [1.82, 2.24) is 0 Å². The molecule has 0 aromatic heterocycles. The van der Waals surface area contributed by atoms with Crippen molar-refractivity contribution in [3.8, 4) is 0 Å². The number of hydrogen-bond donors (Lipinski definition) is 2. The molecule has 3 aromatic rings. The van der Waals surface area contributed by atoms with E-state index in [4.69, 9.17) is 21.5 Å². The highest BCUT2D eigenvalue weighted by Gasteiger charge is 2.16. The molecule has 9 heteroatoms. The zero-order valence-electron chi connectivity index (χ0n) is 16.7. The van der Waals surface area contributed by atoms with E-state index in [0.717, 1.165) is 5.56 Å². The predicted molar refractivity (Wildman–Crippen MR) is 123 cm³/mol. The summed E-state index contributed by atoms with van der Waals surface area (Å²) in [6.45, 7) is -0.571. The van der Waals surface area contributed by atoms with Crippen LogP contribution in [0.1, 0.15) is 11.1 Å². The summed E-state index contributed by atoms with van der Waals surface area (Å²) >= 11 is 5.94. The van der Waals surface area contributed by atoms with E-state index in [2.05, 4.69) is 5.32 Å². The molecule has 0 saturated heterocycles. The molecule has 3 rings (SSSR count). The van der Waals surface area contributed by atoms with Gasteiger partial charge in [-0.2, -0.15) is 0 Å². The van der Waals surface area contributed by atoms with Gasteiger partial charge in [-0.25, -0.2) is 18.4 Å². The molecule has 0 saturated carbocycles. The first-order valence-electron chi connectivity index (χ1n) is 9.35. The summed E-state index contributed by atoms with van der Waals surface area (Å²) in [6, 6.07) is 21.3. The zero-order valence-corrected chi connectivity index (χ0v) is 18.3. The summed E-state index contributed by atoms with van der Waals surface area (Å²) in [5, 5.41) is 8.08. The van der Waals surface area contributed by atoms with E-state index >= 15 is 0 Å². The lowest BCUT2D eigenvalue weighted by Crippen LogP contribution is -2.21. The smallest absolute Gasteiger partial charge is 0.339 e. The minimum Gasteiger partial charge on any atom is -0.452 e. The van der Waals surface area contributed by atoms with Gasteiger partial charge in [-0.15, -0.1) is 0 Å². The van der Waals surface area contributed by atoms with Gasteiger partial charge in [0.2, 0.25) is 10.0 Å². The molecule has 3 N–H and O–H groups in total. The Morgan fingerprint density at radius 1 is 0.969 bits per heavy atom. The molecule has 0 spiro atoms. The van der Waals surface area contributed by atoms with Gasteiger partial charge in [0.1, 0.15) is 0 Å². The first-order valence-corrected chi connectivity index (χ1v) is 11.3. The number of primary sulfonamides is 1. The predicted octanol–water partition coefficient (Wildman–Crippen LogP) is 3.71. The molecule has 0 aliphatic rings. The maximum atomic E-state index is 12.8. The number of ether oxygens (including phenoxy) is 1. The first-order chi connectivity index (χ1) is 15.2. The van der Waals surface area contributed by atoms with Crippen molar-refractivity contribution < 1.29 is 22.7 Å². The van der Waals surface area contributed by atoms with Crippen molar-refractivity contribution in [2.24, 2.45) is 5.14 Å². The Balaban J connectivity index is 1.73. The number of hydrogen-bond acceptors (Lipinski definition) is 5. The second kappa shape index (κ2) is 10.2. The highest BCUT2D eigenvalue weighted by atomic mass is 35.5. The fourth-order valence-electron chi connectivity index (χ4n) is 2.76. The maximum Gasteiger partial charge on any atom is 0.339 e. The fraction of sp³-hybridized carbons (Fsp3) is 0.0435. The first kappa shape index (κ1) is 23.2. The number of halogens is 1. The number of sulfonamides is 1. The monoisotopic (exact) mass is 470 g/mol. The maximum absolute atomic E-state index is 12.8. The van der Waals surface area contributed by atoms with Crippen molar-refractivity contribution >= 4 is 50.8 Å². The molecule has 164 valence electrons. The molecular formula is C23H19ClN2O5S. The molecule has 0 atom stereocenters. The van der Waals surface area contributed by atoms with Crippen molar-refractivity contribution in [3.63, 3.8) is 0 Å². The summed E-state index contributed by atoms with van der Waals surface area (Å²) in [4.78, 5) is 24.9. The molecular weight excluding hydrogens is 452 g/mol. The van der Waals surface area contributed by atoms with Crippen molar-refractivity contribution in [1.29, 1.82) is 0 Å². The minimum atomic E-state index is -3.92. The number of esters is 1. The van der Waals surface area contributed by atoms with Crippen LogP contribution in [0.2, 0.25) is 5.02 Å². The molecule has 0 aliphatic heterocycles. The Labute approximate surface area is 190 Å². The lowest BCUT2D eigenvalue weighted by molar-refractivity contribution is -0.141. The molecule has 0 aliphatic carbocycles. The Hall–Kier alpha value is -3.46. The van der Waals surface area contributed by atoms with E-state index in [1.165, 1.54) is 24.3 Å². The van der Waals surface area contributed by atoms with Crippen LogP contribution in [0, 0.1) is 0 Å². The summed E-state index contributed by atoms with van der Waals surface area (Å²) < 4.78 is 28.1. The number of rotatable bonds is 7. The van der Waals surface area contributed by atoms with Gasteiger partial charge in [0, 0.05) is 10.7 Å². The van der Waals surface area contributed by atoms with Gasteiger partial charge >= 0.3 is 5.97 Å². The Bertz CT molecular complexity index is 1260. The van der Waals surface area contributed by atoms with E-state index in [0.29, 0.717) is 10.6 Å². The van der Waals surface area contributed by atoms with E-state index in [1.54, 1.807) is 30.3 Å². The quantitative estimate of drug-likeness (QED) is 0.310. The highest BCUT2D eigenvalue weighted by Crippen LogP contribution is 2.22. The van der Waals surface area contributed by atoms with E-state index in [9.17, 15) is 18.0 Å². The normalized spacial score (nSPS) is 11.6. The number of amides is 1. The lowest BCUT2D eigenvalue weighted by Gasteiger charge is -2.10. The van der Waals surface area contributed by atoms with Crippen LogP contribution in [0.4, 0.5) is 5.69 Å². The van der Waals surface area contributed by atoms with Crippen molar-refractivity contribution in [3.05, 3.63) is 95.0 Å². The van der Waals surface area contributed by atoms with Crippen LogP contribution < -0.4 is 10.5 Å². The van der Waals surface area contributed by atoms with E-state index in [-0.39, 0.29) is 16.2 Å². The molecule has 0 fully saturated rings. The zero-order chi connectivity index (χ0) is 23.1. The topological polar surface area (TPSA) is 116 Å². The van der Waals surface area contributed by atoms with E-state index < -0.39 is 28.5 Å². The Morgan fingerprint density at radius 2 is 1.66 bits per heavy atom. The van der Waals surface area contributed by atoms with E-state index in [1.807, 2.05) is 30.3 Å². The third-order valence-electron chi connectivity index (χ3n) is 4.27. The van der Waals surface area contributed by atoms with Gasteiger partial charge in [0.05, 0.1) is 10.5 Å².